The highest BCUT2D eigenvalue weighted by molar-refractivity contribution is 6.07. The van der Waals surface area contributed by atoms with Gasteiger partial charge in [-0.3, -0.25) is 4.79 Å². The summed E-state index contributed by atoms with van der Waals surface area (Å²) in [7, 11) is 0. The fourth-order valence-corrected chi connectivity index (χ4v) is 3.95. The van der Waals surface area contributed by atoms with E-state index in [1.54, 1.807) is 0 Å². The number of rotatable bonds is 5. The van der Waals surface area contributed by atoms with E-state index in [1.165, 1.54) is 0 Å². The Hall–Kier alpha value is -3.99. The molecule has 0 spiro atoms. The van der Waals surface area contributed by atoms with Gasteiger partial charge in [0.1, 0.15) is 0 Å². The zero-order chi connectivity index (χ0) is 23.5. The summed E-state index contributed by atoms with van der Waals surface area (Å²) in [6.45, 7) is 7.36. The number of carbonyl (C=O) groups excluding carboxylic acids is 2. The van der Waals surface area contributed by atoms with E-state index in [2.05, 4.69) is 5.32 Å². The highest BCUT2D eigenvalue weighted by Gasteiger charge is 2.21. The summed E-state index contributed by atoms with van der Waals surface area (Å²) in [4.78, 5) is 30.5. The molecule has 0 saturated carbocycles. The molecule has 0 atom stereocenters. The van der Waals surface area contributed by atoms with Crippen LogP contribution in [0, 0.1) is 27.7 Å². The SMILES string of the molecule is Cc1ccc(-c2nc3ccccc3c(C(=O)OCC(=O)Nc3c(C)cccc3C)c2C)cc1. The number of esters is 1. The molecular weight excluding hydrogens is 412 g/mol. The normalized spacial score (nSPS) is 10.8. The minimum absolute atomic E-state index is 0.372. The number of nitrogens with one attached hydrogen (secondary N) is 1. The maximum atomic E-state index is 13.2. The van der Waals surface area contributed by atoms with E-state index in [0.29, 0.717) is 16.5 Å². The van der Waals surface area contributed by atoms with Gasteiger partial charge in [-0.05, 0) is 50.5 Å². The maximum Gasteiger partial charge on any atom is 0.339 e. The first kappa shape index (κ1) is 22.2. The Morgan fingerprint density at radius 1 is 0.848 bits per heavy atom. The van der Waals surface area contributed by atoms with Crippen molar-refractivity contribution in [3.8, 4) is 11.3 Å². The number of aryl methyl sites for hydroxylation is 3. The molecule has 1 amide bonds. The second-order valence-corrected chi connectivity index (χ2v) is 8.23. The van der Waals surface area contributed by atoms with Crippen molar-refractivity contribution in [3.05, 3.63) is 94.5 Å². The third-order valence-electron chi connectivity index (χ3n) is 5.74. The van der Waals surface area contributed by atoms with Crippen LogP contribution in [0.2, 0.25) is 0 Å². The molecule has 1 aromatic heterocycles. The van der Waals surface area contributed by atoms with Crippen molar-refractivity contribution >= 4 is 28.5 Å². The lowest BCUT2D eigenvalue weighted by Gasteiger charge is -2.15. The fourth-order valence-electron chi connectivity index (χ4n) is 3.95. The summed E-state index contributed by atoms with van der Waals surface area (Å²) in [5.41, 5.74) is 7.28. The lowest BCUT2D eigenvalue weighted by molar-refractivity contribution is -0.119. The molecule has 0 saturated heterocycles. The predicted molar refractivity (Wildman–Crippen MR) is 131 cm³/mol. The molecule has 4 aromatic rings. The number of hydrogen-bond donors (Lipinski definition) is 1. The van der Waals surface area contributed by atoms with Gasteiger partial charge in [-0.25, -0.2) is 9.78 Å². The minimum atomic E-state index is -0.545. The van der Waals surface area contributed by atoms with Crippen LogP contribution >= 0.6 is 0 Å². The van der Waals surface area contributed by atoms with Gasteiger partial charge in [-0.15, -0.1) is 0 Å². The van der Waals surface area contributed by atoms with Crippen LogP contribution in [0.25, 0.3) is 22.2 Å². The molecule has 33 heavy (non-hydrogen) atoms. The average molecular weight is 439 g/mol. The molecular formula is C28H26N2O3. The van der Waals surface area contributed by atoms with E-state index in [1.807, 2.05) is 94.4 Å². The van der Waals surface area contributed by atoms with Crippen LogP contribution in [0.15, 0.2) is 66.7 Å². The van der Waals surface area contributed by atoms with Crippen LogP contribution in [0.3, 0.4) is 0 Å². The van der Waals surface area contributed by atoms with Crippen molar-refractivity contribution in [2.75, 3.05) is 11.9 Å². The number of ether oxygens (including phenoxy) is 1. The van der Waals surface area contributed by atoms with Crippen LogP contribution in [0.5, 0.6) is 0 Å². The first-order chi connectivity index (χ1) is 15.8. The fraction of sp³-hybridized carbons (Fsp3) is 0.179. The number of anilines is 1. The second kappa shape index (κ2) is 9.25. The Morgan fingerprint density at radius 3 is 2.21 bits per heavy atom. The lowest BCUT2D eigenvalue weighted by Crippen LogP contribution is -2.22. The van der Waals surface area contributed by atoms with Gasteiger partial charge in [-0.1, -0.05) is 66.2 Å². The molecule has 5 nitrogen and oxygen atoms in total. The Morgan fingerprint density at radius 2 is 1.52 bits per heavy atom. The number of amides is 1. The Labute approximate surface area is 193 Å². The smallest absolute Gasteiger partial charge is 0.339 e. The van der Waals surface area contributed by atoms with Crippen LogP contribution in [-0.2, 0) is 9.53 Å². The Kier molecular flexibility index (Phi) is 6.22. The van der Waals surface area contributed by atoms with E-state index in [-0.39, 0.29) is 12.5 Å². The van der Waals surface area contributed by atoms with Crippen molar-refractivity contribution < 1.29 is 14.3 Å². The quantitative estimate of drug-likeness (QED) is 0.392. The van der Waals surface area contributed by atoms with Gasteiger partial charge in [-0.2, -0.15) is 0 Å². The number of hydrogen-bond acceptors (Lipinski definition) is 4. The average Bonchev–Trinajstić information content (AvgIpc) is 2.80. The molecule has 0 fully saturated rings. The Bertz CT molecular complexity index is 1340. The number of benzene rings is 3. The van der Waals surface area contributed by atoms with Gasteiger partial charge in [0.05, 0.1) is 16.8 Å². The largest absolute Gasteiger partial charge is 0.452 e. The topological polar surface area (TPSA) is 68.3 Å². The Balaban J connectivity index is 1.63. The number of aromatic nitrogens is 1. The number of para-hydroxylation sites is 2. The molecule has 0 radical (unpaired) electrons. The molecule has 3 aromatic carbocycles. The molecule has 0 aliphatic heterocycles. The summed E-state index contributed by atoms with van der Waals surface area (Å²) in [6, 6.07) is 21.3. The standard InChI is InChI=1S/C28H26N2O3/c1-17-12-14-21(15-13-17)27-20(4)25(22-10-5-6-11-23(22)29-27)28(32)33-16-24(31)30-26-18(2)8-7-9-19(26)3/h5-15H,16H2,1-4H3,(H,30,31). The van der Waals surface area contributed by atoms with Crippen LogP contribution in [0.4, 0.5) is 5.69 Å². The molecule has 166 valence electrons. The highest BCUT2D eigenvalue weighted by Crippen LogP contribution is 2.30. The van der Waals surface area contributed by atoms with Gasteiger partial charge in [0.15, 0.2) is 6.61 Å². The number of pyridine rings is 1. The first-order valence-corrected chi connectivity index (χ1v) is 10.8. The van der Waals surface area contributed by atoms with Gasteiger partial charge in [0.2, 0.25) is 0 Å². The van der Waals surface area contributed by atoms with Gasteiger partial charge >= 0.3 is 5.97 Å². The van der Waals surface area contributed by atoms with Gasteiger partial charge in [0, 0.05) is 16.6 Å². The van der Waals surface area contributed by atoms with Gasteiger partial charge < -0.3 is 10.1 Å². The van der Waals surface area contributed by atoms with Crippen molar-refractivity contribution in [2.24, 2.45) is 0 Å². The molecule has 5 heteroatoms. The van der Waals surface area contributed by atoms with Crippen LogP contribution in [-0.4, -0.2) is 23.5 Å². The summed E-state index contributed by atoms with van der Waals surface area (Å²) >= 11 is 0. The molecule has 4 rings (SSSR count). The molecule has 0 bridgehead atoms. The van der Waals surface area contributed by atoms with E-state index < -0.39 is 5.97 Å². The third-order valence-corrected chi connectivity index (χ3v) is 5.74. The molecule has 0 aliphatic rings. The zero-order valence-electron chi connectivity index (χ0n) is 19.2. The minimum Gasteiger partial charge on any atom is -0.452 e. The molecule has 1 heterocycles. The van der Waals surface area contributed by atoms with Crippen LogP contribution in [0.1, 0.15) is 32.6 Å². The first-order valence-electron chi connectivity index (χ1n) is 10.8. The predicted octanol–water partition coefficient (Wildman–Crippen LogP) is 5.93. The van der Waals surface area contributed by atoms with Crippen molar-refractivity contribution in [1.29, 1.82) is 0 Å². The second-order valence-electron chi connectivity index (χ2n) is 8.23. The van der Waals surface area contributed by atoms with E-state index in [9.17, 15) is 9.59 Å². The summed E-state index contributed by atoms with van der Waals surface area (Å²) in [5.74, 6) is -0.924. The van der Waals surface area contributed by atoms with Crippen molar-refractivity contribution in [1.82, 2.24) is 4.98 Å². The van der Waals surface area contributed by atoms with Gasteiger partial charge in [0.25, 0.3) is 5.91 Å². The molecule has 1 N–H and O–H groups in total. The number of carbonyl (C=O) groups is 2. The summed E-state index contributed by atoms with van der Waals surface area (Å²) in [6.07, 6.45) is 0. The van der Waals surface area contributed by atoms with E-state index >= 15 is 0 Å². The maximum absolute atomic E-state index is 13.2. The summed E-state index contributed by atoms with van der Waals surface area (Å²) in [5, 5.41) is 3.55. The summed E-state index contributed by atoms with van der Waals surface area (Å²) < 4.78 is 5.46. The molecule has 0 aliphatic carbocycles. The lowest BCUT2D eigenvalue weighted by atomic mass is 9.97. The van der Waals surface area contributed by atoms with Crippen molar-refractivity contribution in [3.63, 3.8) is 0 Å². The van der Waals surface area contributed by atoms with E-state index in [0.717, 1.165) is 39.2 Å². The zero-order valence-corrected chi connectivity index (χ0v) is 19.2. The monoisotopic (exact) mass is 438 g/mol. The molecule has 0 unspecified atom stereocenters. The van der Waals surface area contributed by atoms with E-state index in [4.69, 9.17) is 9.72 Å². The third kappa shape index (κ3) is 4.62. The number of nitrogens with zero attached hydrogens (tertiary/aromatic N) is 1. The van der Waals surface area contributed by atoms with Crippen LogP contribution < -0.4 is 5.32 Å². The van der Waals surface area contributed by atoms with Crippen molar-refractivity contribution in [2.45, 2.75) is 27.7 Å². The highest BCUT2D eigenvalue weighted by atomic mass is 16.5. The number of fused-ring (bicyclic) bond motifs is 1.